The second-order valence-corrected chi connectivity index (χ2v) is 15.2. The Morgan fingerprint density at radius 1 is 0.815 bits per heavy atom. The van der Waals surface area contributed by atoms with Gasteiger partial charge in [0.2, 0.25) is 0 Å². The zero-order valence-electron chi connectivity index (χ0n) is 17.5. The van der Waals surface area contributed by atoms with Crippen LogP contribution < -0.4 is 3.32 Å². The van der Waals surface area contributed by atoms with Gasteiger partial charge in [-0.15, -0.1) is 0 Å². The summed E-state index contributed by atoms with van der Waals surface area (Å²) in [5, 5.41) is 0. The molecule has 0 atom stereocenters. The maximum absolute atomic E-state index is 2.47. The molecule has 0 spiro atoms. The van der Waals surface area contributed by atoms with Gasteiger partial charge in [0, 0.05) is 0 Å². The Hall–Kier alpha value is -1.21. The van der Waals surface area contributed by atoms with Gasteiger partial charge in [0.25, 0.3) is 0 Å². The van der Waals surface area contributed by atoms with Crippen molar-refractivity contribution < 1.29 is 22.9 Å². The molecule has 0 aromatic heterocycles. The van der Waals surface area contributed by atoms with Crippen LogP contribution in [0.25, 0.3) is 11.1 Å². The molecule has 0 heterocycles. The number of hydrogen-bond donors (Lipinski definition) is 0. The first-order valence-corrected chi connectivity index (χ1v) is 13.9. The first-order valence-electron chi connectivity index (χ1n) is 10.1. The van der Waals surface area contributed by atoms with Crippen LogP contribution in [0.5, 0.6) is 0 Å². The molecule has 2 aliphatic carbocycles. The topological polar surface area (TPSA) is 0 Å². The van der Waals surface area contributed by atoms with Crippen molar-refractivity contribution in [2.75, 3.05) is 0 Å². The van der Waals surface area contributed by atoms with E-state index in [4.69, 9.17) is 0 Å². The van der Waals surface area contributed by atoms with E-state index >= 15 is 0 Å². The standard InChI is InChI=1S/C21H25.C5H5.Hf/c1-20(2,3)16-7-9-18-14(12-16)11-15-13-17(21(4,5)6)8-10-19(15)18;1-2-4-5-3-1;/h7-10,12H,11H2,1-6H3;1-5H;. The van der Waals surface area contributed by atoms with Crippen LogP contribution in [0.3, 0.4) is 0 Å². The molecule has 0 aliphatic heterocycles. The molecule has 27 heavy (non-hydrogen) atoms. The molecule has 138 valence electrons. The molecular formula is C26H30Hf. The van der Waals surface area contributed by atoms with Crippen molar-refractivity contribution in [2.24, 2.45) is 0 Å². The zero-order chi connectivity index (χ0) is 19.4. The SMILES string of the molecule is CC(C)(C)c1ccc2c(c1)Cc1c-2ccc(C(C)(C)C)[c]1[Hf][CH]1C=CC=C1. The molecule has 0 unspecified atom stereocenters. The monoisotopic (exact) mass is 522 g/mol. The fraction of sp³-hybridized carbons (Fsp3) is 0.385. The Labute approximate surface area is 176 Å². The van der Waals surface area contributed by atoms with Crippen molar-refractivity contribution in [3.05, 3.63) is 76.9 Å². The average molecular weight is 521 g/mol. The molecule has 0 bridgehead atoms. The van der Waals surface area contributed by atoms with Crippen LogP contribution in [0, 0.1) is 0 Å². The summed E-state index contributed by atoms with van der Waals surface area (Å²) in [6, 6.07) is 12.0. The molecule has 0 N–H and O–H groups in total. The number of fused-ring (bicyclic) bond motifs is 3. The second-order valence-electron chi connectivity index (χ2n) is 10.0. The Morgan fingerprint density at radius 2 is 1.48 bits per heavy atom. The summed E-state index contributed by atoms with van der Waals surface area (Å²) >= 11 is -0.993. The zero-order valence-corrected chi connectivity index (χ0v) is 21.1. The molecule has 0 fully saturated rings. The van der Waals surface area contributed by atoms with Crippen LogP contribution in [-0.4, -0.2) is 0 Å². The van der Waals surface area contributed by atoms with E-state index in [9.17, 15) is 0 Å². The predicted molar refractivity (Wildman–Crippen MR) is 114 cm³/mol. The third-order valence-corrected chi connectivity index (χ3v) is 11.5. The summed E-state index contributed by atoms with van der Waals surface area (Å²) in [7, 11) is 0. The number of benzene rings is 2. The van der Waals surface area contributed by atoms with E-state index in [-0.39, 0.29) is 10.8 Å². The molecule has 0 saturated heterocycles. The van der Waals surface area contributed by atoms with Crippen LogP contribution in [-0.2, 0) is 40.2 Å². The normalized spacial score (nSPS) is 15.9. The van der Waals surface area contributed by atoms with Gasteiger partial charge in [-0.2, -0.15) is 0 Å². The summed E-state index contributed by atoms with van der Waals surface area (Å²) in [4.78, 5) is 0. The second kappa shape index (κ2) is 6.69. The molecule has 2 aromatic rings. The summed E-state index contributed by atoms with van der Waals surface area (Å²) in [5.74, 6) is 0. The van der Waals surface area contributed by atoms with E-state index in [2.05, 4.69) is 96.2 Å². The van der Waals surface area contributed by atoms with Crippen molar-refractivity contribution in [1.82, 2.24) is 0 Å². The van der Waals surface area contributed by atoms with E-state index in [1.165, 1.54) is 22.3 Å². The summed E-state index contributed by atoms with van der Waals surface area (Å²) in [6.07, 6.45) is 10.5. The van der Waals surface area contributed by atoms with Gasteiger partial charge in [-0.05, 0) is 0 Å². The van der Waals surface area contributed by atoms with Crippen molar-refractivity contribution in [3.8, 4) is 11.1 Å². The fourth-order valence-electron chi connectivity index (χ4n) is 4.23. The van der Waals surface area contributed by atoms with Gasteiger partial charge in [0.05, 0.1) is 0 Å². The van der Waals surface area contributed by atoms with E-state index in [0.29, 0.717) is 0 Å². The Kier molecular flexibility index (Phi) is 4.74. The van der Waals surface area contributed by atoms with Gasteiger partial charge in [-0.25, -0.2) is 0 Å². The third kappa shape index (κ3) is 3.60. The van der Waals surface area contributed by atoms with Crippen LogP contribution in [0.15, 0.2) is 54.6 Å². The van der Waals surface area contributed by atoms with Gasteiger partial charge >= 0.3 is 177 Å². The summed E-state index contributed by atoms with van der Waals surface area (Å²) in [5.41, 5.74) is 9.65. The van der Waals surface area contributed by atoms with E-state index in [1.54, 1.807) is 14.4 Å². The fourth-order valence-corrected chi connectivity index (χ4v) is 10.5. The molecule has 4 rings (SSSR count). The Morgan fingerprint density at radius 3 is 2.11 bits per heavy atom. The first kappa shape index (κ1) is 19.1. The van der Waals surface area contributed by atoms with Crippen LogP contribution in [0.4, 0.5) is 0 Å². The molecule has 2 aliphatic rings. The van der Waals surface area contributed by atoms with Crippen LogP contribution >= 0.6 is 0 Å². The maximum atomic E-state index is 2.47. The van der Waals surface area contributed by atoms with Crippen LogP contribution in [0.1, 0.15) is 63.8 Å². The minimum atomic E-state index is -0.993. The third-order valence-electron chi connectivity index (χ3n) is 5.81. The van der Waals surface area contributed by atoms with Gasteiger partial charge in [0.15, 0.2) is 0 Å². The van der Waals surface area contributed by atoms with Crippen molar-refractivity contribution in [2.45, 2.75) is 62.5 Å². The molecule has 0 saturated carbocycles. The van der Waals surface area contributed by atoms with E-state index < -0.39 is 22.9 Å². The van der Waals surface area contributed by atoms with Gasteiger partial charge in [-0.3, -0.25) is 0 Å². The number of allylic oxidation sites excluding steroid dienone is 4. The average Bonchev–Trinajstić information content (AvgIpc) is 3.20. The molecule has 1 heteroatoms. The molecule has 0 amide bonds. The van der Waals surface area contributed by atoms with Gasteiger partial charge < -0.3 is 0 Å². The predicted octanol–water partition coefficient (Wildman–Crippen LogP) is 6.48. The van der Waals surface area contributed by atoms with E-state index in [1.807, 2.05) is 0 Å². The Balaban J connectivity index is 1.83. The molecular weight excluding hydrogens is 491 g/mol. The summed E-state index contributed by atoms with van der Waals surface area (Å²) in [6.45, 7) is 14.1. The van der Waals surface area contributed by atoms with Crippen molar-refractivity contribution >= 4 is 3.32 Å². The quantitative estimate of drug-likeness (QED) is 0.339. The van der Waals surface area contributed by atoms with Crippen molar-refractivity contribution in [3.63, 3.8) is 0 Å². The van der Waals surface area contributed by atoms with Gasteiger partial charge in [-0.1, -0.05) is 0 Å². The first-order chi connectivity index (χ1) is 12.6. The molecule has 0 radical (unpaired) electrons. The number of hydrogen-bond acceptors (Lipinski definition) is 0. The minimum absolute atomic E-state index is 0.209. The van der Waals surface area contributed by atoms with Gasteiger partial charge in [0.1, 0.15) is 0 Å². The molecule has 2 aromatic carbocycles. The van der Waals surface area contributed by atoms with E-state index in [0.717, 1.165) is 10.1 Å². The number of rotatable bonds is 2. The van der Waals surface area contributed by atoms with Crippen LogP contribution in [0.2, 0.25) is 3.67 Å². The molecule has 0 nitrogen and oxygen atoms in total. The van der Waals surface area contributed by atoms with Crippen molar-refractivity contribution in [1.29, 1.82) is 0 Å². The summed E-state index contributed by atoms with van der Waals surface area (Å²) < 4.78 is 2.50. The Bertz CT molecular complexity index is 933.